The van der Waals surface area contributed by atoms with E-state index < -0.39 is 0 Å². The highest BCUT2D eigenvalue weighted by Gasteiger charge is 2.11. The predicted octanol–water partition coefficient (Wildman–Crippen LogP) is 24.9. The first-order valence-corrected chi connectivity index (χ1v) is 52.8. The van der Waals surface area contributed by atoms with Crippen molar-refractivity contribution in [2.75, 3.05) is 125 Å². The summed E-state index contributed by atoms with van der Waals surface area (Å²) in [5, 5.41) is 11.0. The Morgan fingerprint density at radius 3 is 0.738 bits per heavy atom. The number of amides is 4. The minimum atomic E-state index is -0.310. The molecular formula is C115H218N4O26. The third kappa shape index (κ3) is 178. The van der Waals surface area contributed by atoms with Gasteiger partial charge in [0.1, 0.15) is 6.61 Å². The van der Waals surface area contributed by atoms with Crippen molar-refractivity contribution in [3.05, 3.63) is 137 Å². The van der Waals surface area contributed by atoms with Crippen molar-refractivity contribution in [3.8, 4) is 0 Å². The summed E-state index contributed by atoms with van der Waals surface area (Å²) in [6, 6.07) is 0.200. The first-order valence-electron chi connectivity index (χ1n) is 52.8. The molecule has 30 nitrogen and oxygen atoms in total. The summed E-state index contributed by atoms with van der Waals surface area (Å²) in [5.41, 5.74) is 2.57. The summed E-state index contributed by atoms with van der Waals surface area (Å²) in [5.74, 6) is -0.270. The average Bonchev–Trinajstić information content (AvgIpc) is 1.04. The number of carbonyl (C=O) groups excluding carboxylic acids is 8. The van der Waals surface area contributed by atoms with Crippen LogP contribution in [0.25, 0.3) is 0 Å². The fourth-order valence-corrected chi connectivity index (χ4v) is 9.67. The van der Waals surface area contributed by atoms with E-state index in [4.69, 9.17) is 85.3 Å². The third-order valence-corrected chi connectivity index (χ3v) is 16.9. The summed E-state index contributed by atoms with van der Waals surface area (Å²) >= 11 is 0. The molecule has 0 saturated carbocycles. The second-order valence-corrected chi connectivity index (χ2v) is 36.6. The molecule has 0 aliphatic rings. The molecule has 30 heteroatoms. The Balaban J connectivity index is -0.000000152. The molecular weight excluding hydrogens is 1850 g/mol. The monoisotopic (exact) mass is 2070 g/mol. The van der Waals surface area contributed by atoms with E-state index in [2.05, 4.69) is 107 Å². The van der Waals surface area contributed by atoms with Crippen LogP contribution in [-0.4, -0.2) is 240 Å². The van der Waals surface area contributed by atoms with Crippen LogP contribution in [0.2, 0.25) is 0 Å². The Morgan fingerprint density at radius 2 is 0.455 bits per heavy atom. The fourth-order valence-electron chi connectivity index (χ4n) is 9.67. The topological polar surface area (TPSA) is 351 Å². The quantitative estimate of drug-likeness (QED) is 0.0144. The Hall–Kier alpha value is -8.62. The molecule has 4 amide bonds. The molecule has 4 N–H and O–H groups in total. The zero-order valence-corrected chi connectivity index (χ0v) is 97.2. The average molecular weight is 2070 g/mol. The molecule has 0 aliphatic heterocycles. The van der Waals surface area contributed by atoms with E-state index in [1.807, 2.05) is 145 Å². The van der Waals surface area contributed by atoms with E-state index in [-0.39, 0.29) is 84.1 Å². The highest BCUT2D eigenvalue weighted by atomic mass is 16.6. The normalized spacial score (nSPS) is 10.1. The van der Waals surface area contributed by atoms with Crippen LogP contribution >= 0.6 is 0 Å². The predicted molar refractivity (Wildman–Crippen MR) is 596 cm³/mol. The Morgan fingerprint density at radius 1 is 0.228 bits per heavy atom. The molecule has 0 aliphatic carbocycles. The number of rotatable bonds is 79. The molecule has 0 aromatic carbocycles. The van der Waals surface area contributed by atoms with Crippen molar-refractivity contribution in [3.63, 3.8) is 0 Å². The van der Waals surface area contributed by atoms with Crippen LogP contribution in [0, 0.1) is 0 Å². The van der Waals surface area contributed by atoms with Gasteiger partial charge in [-0.1, -0.05) is 111 Å². The molecule has 0 radical (unpaired) electrons. The standard InChI is InChI=1S/C13H25NO2.C13H24O3.C12H22O3.C11H21NO2.C11H20O3.C11H22O2.C10H18O3.C9H17NO2.C9H18O2.C8H15NO2.C8H16O2/c1-11(2)13(15)14-9-7-5-6-8-10-16-12(3)4;1-11(2)13(14)16-10-8-6-5-7-9-15-12(3)4;1-4-14-10-8-6-5-7-9-12(13)15-11(2)3;1-9(2)11(13)12-7-5-6-8-14-10(3)4;1-9(2)11(12)14-8-6-5-7-13-10(3)4;1-4-12-9-7-5-6-8-10-13-11(2)3;1-4-12-8-6-5-7-10(11)13-9(2)3;1-7(2)9(11)10-5-6-12-8(3)4;1-4-10-7-5-6-8-11-9(2)3;1-4-11-6-5-8(10)9-7(2)3;1-7(2)9-5-6-10-8(3)4/h12H,1,5-10H2,2-4H3,(H,14,15);12H,1,5-10H2,2-4H3;4,11H,1,5-10H2,2-3H3;10H,1,5-8H2,2-4H3,(H,12,13);10H,1,5-8H2,2-4H3;4,11H,1,5-10H2,2-3H3;4,9H,1,5-8H2,2-3H3;8H,1,5-6H2,2-4H3,(H,10,11);4,9H,1,5-8H2,2-3H3;4,7H,1,5-6H2,2-3H3,(H,9,10);8H,1,5-6H2,2-4H3. The van der Waals surface area contributed by atoms with Crippen LogP contribution < -0.4 is 21.3 Å². The maximum atomic E-state index is 11.1. The van der Waals surface area contributed by atoms with Gasteiger partial charge in [-0.15, -0.1) is 0 Å². The summed E-state index contributed by atoms with van der Waals surface area (Å²) in [6.45, 7) is 105. The Labute approximate surface area is 884 Å². The smallest absolute Gasteiger partial charge is 0.333 e. The fraction of sp³-hybridized carbons (Fsp3) is 0.739. The van der Waals surface area contributed by atoms with Crippen molar-refractivity contribution in [1.82, 2.24) is 21.3 Å². The summed E-state index contributed by atoms with van der Waals surface area (Å²) < 4.78 is 92.4. The summed E-state index contributed by atoms with van der Waals surface area (Å²) in [7, 11) is 0. The highest BCUT2D eigenvalue weighted by Crippen LogP contribution is 2.10. The van der Waals surface area contributed by atoms with Gasteiger partial charge in [-0.2, -0.15) is 0 Å². The number of hydrogen-bond donors (Lipinski definition) is 4. The van der Waals surface area contributed by atoms with Gasteiger partial charge >= 0.3 is 23.9 Å². The van der Waals surface area contributed by atoms with Gasteiger partial charge in [-0.05, 0) is 309 Å². The minimum absolute atomic E-state index is 0.00140. The van der Waals surface area contributed by atoms with Crippen molar-refractivity contribution in [2.24, 2.45) is 0 Å². The lowest BCUT2D eigenvalue weighted by molar-refractivity contribution is -0.148. The second-order valence-electron chi connectivity index (χ2n) is 36.6. The van der Waals surface area contributed by atoms with E-state index in [0.717, 1.165) is 213 Å². The SMILES string of the molecule is C=C(C)C(=O)NCCCCCCOC(C)C.C=C(C)C(=O)NCCCCOC(C)C.C=C(C)C(=O)NCCOC(C)C.C=C(C)C(=O)OCCCCCCOC(C)C.C=C(C)C(=O)OCCCCOC(C)C.C=C(C)OCCOC(C)C.C=COCCC(=O)NC(C)C.C=COCCCCC(=O)OC(C)C.C=COCCCCCCC(=O)OC(C)C.C=COCCCCCCOC(C)C.C=COCCCCOC(C)C. The number of unbranched alkanes of at least 4 members (excludes halogenated alkanes) is 16. The number of ether oxygens (including phenoxy) is 18. The molecule has 0 spiro atoms. The number of nitrogens with one attached hydrogen (secondary N) is 4. The first kappa shape index (κ1) is 159. The molecule has 0 fully saturated rings. The molecule has 0 bridgehead atoms. The van der Waals surface area contributed by atoms with E-state index in [1.165, 1.54) is 44.2 Å². The molecule has 145 heavy (non-hydrogen) atoms. The molecule has 0 atom stereocenters. The van der Waals surface area contributed by atoms with Gasteiger partial charge in [0, 0.05) is 106 Å². The van der Waals surface area contributed by atoms with Crippen LogP contribution in [0.4, 0.5) is 0 Å². The Bertz CT molecular complexity index is 3010. The van der Waals surface area contributed by atoms with Gasteiger partial charge in [0.05, 0.1) is 164 Å². The number of hydrogen-bond acceptors (Lipinski definition) is 26. The van der Waals surface area contributed by atoms with Crippen LogP contribution in [0.1, 0.15) is 367 Å². The van der Waals surface area contributed by atoms with E-state index in [0.29, 0.717) is 137 Å². The summed E-state index contributed by atoms with van der Waals surface area (Å²) in [4.78, 5) is 88.1. The van der Waals surface area contributed by atoms with Gasteiger partial charge in [-0.25, -0.2) is 9.59 Å². The molecule has 0 saturated heterocycles. The minimum Gasteiger partial charge on any atom is -0.502 e. The molecule has 0 aromatic rings. The van der Waals surface area contributed by atoms with Crippen molar-refractivity contribution in [2.45, 2.75) is 434 Å². The maximum absolute atomic E-state index is 11.1. The van der Waals surface area contributed by atoms with E-state index in [1.54, 1.807) is 34.6 Å². The van der Waals surface area contributed by atoms with Crippen molar-refractivity contribution >= 4 is 47.5 Å². The molecule has 0 heterocycles. The number of allylic oxidation sites excluding steroid dienone is 1. The lowest BCUT2D eigenvalue weighted by Gasteiger charge is -2.08. The maximum Gasteiger partial charge on any atom is 0.333 e. The first-order chi connectivity index (χ1) is 68.3. The number of esters is 4. The van der Waals surface area contributed by atoms with E-state index >= 15 is 0 Å². The molecule has 0 aromatic heterocycles. The van der Waals surface area contributed by atoms with Crippen molar-refractivity contribution in [1.29, 1.82) is 0 Å². The lowest BCUT2D eigenvalue weighted by Crippen LogP contribution is -2.30. The van der Waals surface area contributed by atoms with Crippen molar-refractivity contribution < 1.29 is 124 Å². The van der Waals surface area contributed by atoms with Crippen LogP contribution in [0.3, 0.4) is 0 Å². The molecule has 0 unspecified atom stereocenters. The van der Waals surface area contributed by atoms with Gasteiger partial charge in [0.25, 0.3) is 0 Å². The lowest BCUT2D eigenvalue weighted by atomic mass is 10.1. The van der Waals surface area contributed by atoms with Gasteiger partial charge in [0.2, 0.25) is 23.6 Å². The zero-order valence-electron chi connectivity index (χ0n) is 97.2. The van der Waals surface area contributed by atoms with Crippen LogP contribution in [0.5, 0.6) is 0 Å². The van der Waals surface area contributed by atoms with Crippen LogP contribution in [0.15, 0.2) is 137 Å². The Kier molecular flexibility index (Phi) is 138. The van der Waals surface area contributed by atoms with Crippen LogP contribution in [-0.2, 0) is 124 Å². The van der Waals surface area contributed by atoms with Gasteiger partial charge in [0.15, 0.2) is 0 Å². The highest BCUT2D eigenvalue weighted by molar-refractivity contribution is 5.93. The molecule has 854 valence electrons. The summed E-state index contributed by atoms with van der Waals surface area (Å²) in [6.07, 6.45) is 35.8. The second kappa shape index (κ2) is 126. The third-order valence-electron chi connectivity index (χ3n) is 16.9. The van der Waals surface area contributed by atoms with Gasteiger partial charge < -0.3 is 107 Å². The zero-order chi connectivity index (χ0) is 113. The number of carbonyl (C=O) groups is 8. The van der Waals surface area contributed by atoms with Gasteiger partial charge in [-0.3, -0.25) is 28.8 Å². The largest absolute Gasteiger partial charge is 0.502 e. The van der Waals surface area contributed by atoms with E-state index in [9.17, 15) is 38.4 Å². The molecule has 0 rings (SSSR count).